The zero-order valence-electron chi connectivity index (χ0n) is 12.6. The number of pyridine rings is 1. The molecule has 4 heteroatoms. The van der Waals surface area contributed by atoms with Crippen molar-refractivity contribution in [1.29, 1.82) is 0 Å². The number of anilines is 1. The second-order valence-corrected chi connectivity index (χ2v) is 6.63. The molecular weight excluding hydrogens is 262 g/mol. The Morgan fingerprint density at radius 3 is 2.90 bits per heavy atom. The van der Waals surface area contributed by atoms with Crippen LogP contribution in [-0.2, 0) is 11.3 Å². The van der Waals surface area contributed by atoms with Crippen molar-refractivity contribution in [3.05, 3.63) is 23.9 Å². The molecule has 1 aromatic rings. The summed E-state index contributed by atoms with van der Waals surface area (Å²) < 4.78 is 5.95. The Morgan fingerprint density at radius 1 is 1.19 bits per heavy atom. The predicted octanol–water partition coefficient (Wildman–Crippen LogP) is 2.48. The minimum Gasteiger partial charge on any atom is -0.374 e. The van der Waals surface area contributed by atoms with E-state index in [-0.39, 0.29) is 0 Å². The van der Waals surface area contributed by atoms with Crippen molar-refractivity contribution < 1.29 is 4.74 Å². The topological polar surface area (TPSA) is 37.4 Å². The number of fused-ring (bicyclic) bond motifs is 1. The Morgan fingerprint density at radius 2 is 2.10 bits per heavy atom. The molecule has 1 saturated heterocycles. The van der Waals surface area contributed by atoms with Gasteiger partial charge in [0, 0.05) is 25.3 Å². The van der Waals surface area contributed by atoms with Crippen LogP contribution in [0.15, 0.2) is 18.3 Å². The van der Waals surface area contributed by atoms with Crippen LogP contribution in [-0.4, -0.2) is 36.3 Å². The summed E-state index contributed by atoms with van der Waals surface area (Å²) in [5.74, 6) is 1.13. The van der Waals surface area contributed by atoms with Crippen LogP contribution in [0.2, 0.25) is 0 Å². The van der Waals surface area contributed by atoms with E-state index < -0.39 is 0 Å². The fourth-order valence-electron chi connectivity index (χ4n) is 3.62. The van der Waals surface area contributed by atoms with E-state index in [0.717, 1.165) is 31.6 Å². The van der Waals surface area contributed by atoms with Crippen molar-refractivity contribution in [3.63, 3.8) is 0 Å². The summed E-state index contributed by atoms with van der Waals surface area (Å²) in [4.78, 5) is 7.20. The summed E-state index contributed by atoms with van der Waals surface area (Å²) in [7, 11) is 0. The van der Waals surface area contributed by atoms with Gasteiger partial charge in [0.1, 0.15) is 5.82 Å². The van der Waals surface area contributed by atoms with Gasteiger partial charge in [-0.05, 0) is 37.3 Å². The van der Waals surface area contributed by atoms with E-state index in [4.69, 9.17) is 9.72 Å². The first kappa shape index (κ1) is 13.5. The summed E-state index contributed by atoms with van der Waals surface area (Å²) in [5.41, 5.74) is 1.29. The van der Waals surface area contributed by atoms with E-state index in [1.54, 1.807) is 0 Å². The number of nitrogens with one attached hydrogen (secondary N) is 1. The largest absolute Gasteiger partial charge is 0.374 e. The third-order valence-electron chi connectivity index (χ3n) is 5.01. The van der Waals surface area contributed by atoms with Crippen LogP contribution >= 0.6 is 0 Å². The normalized spacial score (nSPS) is 29.2. The van der Waals surface area contributed by atoms with Gasteiger partial charge in [0.25, 0.3) is 0 Å². The molecular formula is C17H25N3O. The zero-order valence-corrected chi connectivity index (χ0v) is 12.6. The van der Waals surface area contributed by atoms with Crippen LogP contribution in [0, 0.1) is 0 Å². The van der Waals surface area contributed by atoms with Crippen molar-refractivity contribution in [2.24, 2.45) is 0 Å². The quantitative estimate of drug-likeness (QED) is 0.923. The SMILES string of the molecule is c1cc(N2CCOC3CCCCC32)ncc1CNC1CC1. The Bertz CT molecular complexity index is 469. The Balaban J connectivity index is 1.43. The average molecular weight is 287 g/mol. The van der Waals surface area contributed by atoms with Crippen LogP contribution in [0.3, 0.4) is 0 Å². The number of hydrogen-bond acceptors (Lipinski definition) is 4. The minimum atomic E-state index is 0.422. The van der Waals surface area contributed by atoms with Crippen molar-refractivity contribution in [1.82, 2.24) is 10.3 Å². The first-order valence-corrected chi connectivity index (χ1v) is 8.47. The van der Waals surface area contributed by atoms with E-state index in [0.29, 0.717) is 12.1 Å². The molecule has 0 radical (unpaired) electrons. The van der Waals surface area contributed by atoms with Crippen LogP contribution in [0.1, 0.15) is 44.1 Å². The Kier molecular flexibility index (Phi) is 3.82. The molecule has 3 fully saturated rings. The fraction of sp³-hybridized carbons (Fsp3) is 0.706. The van der Waals surface area contributed by atoms with Crippen molar-refractivity contribution in [3.8, 4) is 0 Å². The Labute approximate surface area is 126 Å². The number of hydrogen-bond donors (Lipinski definition) is 1. The van der Waals surface area contributed by atoms with Gasteiger partial charge in [-0.15, -0.1) is 0 Å². The molecule has 0 spiro atoms. The highest BCUT2D eigenvalue weighted by molar-refractivity contribution is 5.42. The standard InChI is InChI=1S/C17H25N3O/c1-2-4-16-15(3-1)20(9-10-21-16)17-8-5-13(12-19-17)11-18-14-6-7-14/h5,8,12,14-16,18H,1-4,6-7,9-11H2. The summed E-state index contributed by atoms with van der Waals surface area (Å²) in [6.07, 6.45) is 10.2. The molecule has 0 bridgehead atoms. The molecule has 0 amide bonds. The second kappa shape index (κ2) is 5.93. The van der Waals surface area contributed by atoms with Gasteiger partial charge in [0.15, 0.2) is 0 Å². The molecule has 3 aliphatic rings. The number of aromatic nitrogens is 1. The second-order valence-electron chi connectivity index (χ2n) is 6.63. The van der Waals surface area contributed by atoms with E-state index in [9.17, 15) is 0 Å². The highest BCUT2D eigenvalue weighted by Crippen LogP contribution is 2.31. The van der Waals surface area contributed by atoms with Crippen LogP contribution in [0.5, 0.6) is 0 Å². The molecule has 2 heterocycles. The lowest BCUT2D eigenvalue weighted by molar-refractivity contribution is -0.00898. The Hall–Kier alpha value is -1.13. The minimum absolute atomic E-state index is 0.422. The van der Waals surface area contributed by atoms with Gasteiger partial charge in [-0.25, -0.2) is 4.98 Å². The molecule has 4 nitrogen and oxygen atoms in total. The van der Waals surface area contributed by atoms with Gasteiger partial charge < -0.3 is 15.0 Å². The molecule has 2 saturated carbocycles. The fourth-order valence-corrected chi connectivity index (χ4v) is 3.62. The maximum Gasteiger partial charge on any atom is 0.128 e. The van der Waals surface area contributed by atoms with Gasteiger partial charge in [-0.1, -0.05) is 18.9 Å². The van der Waals surface area contributed by atoms with Crippen LogP contribution in [0.25, 0.3) is 0 Å². The lowest BCUT2D eigenvalue weighted by Crippen LogP contribution is -2.53. The van der Waals surface area contributed by atoms with E-state index >= 15 is 0 Å². The number of morpholine rings is 1. The van der Waals surface area contributed by atoms with Crippen LogP contribution < -0.4 is 10.2 Å². The maximum atomic E-state index is 5.95. The maximum absolute atomic E-state index is 5.95. The average Bonchev–Trinajstić information content (AvgIpc) is 3.37. The number of rotatable bonds is 4. The summed E-state index contributed by atoms with van der Waals surface area (Å²) in [5, 5.41) is 3.54. The molecule has 4 rings (SSSR count). The lowest BCUT2D eigenvalue weighted by Gasteiger charge is -2.44. The molecule has 2 atom stereocenters. The molecule has 114 valence electrons. The number of ether oxygens (including phenoxy) is 1. The highest BCUT2D eigenvalue weighted by atomic mass is 16.5. The van der Waals surface area contributed by atoms with Crippen molar-refractivity contribution in [2.45, 2.75) is 63.3 Å². The van der Waals surface area contributed by atoms with Gasteiger partial charge in [-0.2, -0.15) is 0 Å². The van der Waals surface area contributed by atoms with E-state index in [1.165, 1.54) is 44.1 Å². The molecule has 2 unspecified atom stereocenters. The van der Waals surface area contributed by atoms with E-state index in [2.05, 4.69) is 22.3 Å². The predicted molar refractivity (Wildman–Crippen MR) is 83.4 cm³/mol. The third kappa shape index (κ3) is 3.06. The van der Waals surface area contributed by atoms with Gasteiger partial charge >= 0.3 is 0 Å². The van der Waals surface area contributed by atoms with E-state index in [1.807, 2.05) is 6.20 Å². The van der Waals surface area contributed by atoms with Crippen molar-refractivity contribution in [2.75, 3.05) is 18.1 Å². The van der Waals surface area contributed by atoms with Gasteiger partial charge in [0.05, 0.1) is 18.8 Å². The summed E-state index contributed by atoms with van der Waals surface area (Å²) in [6, 6.07) is 5.72. The smallest absolute Gasteiger partial charge is 0.128 e. The van der Waals surface area contributed by atoms with Gasteiger partial charge in [-0.3, -0.25) is 0 Å². The summed E-state index contributed by atoms with van der Waals surface area (Å²) >= 11 is 0. The molecule has 1 aromatic heterocycles. The number of nitrogens with zero attached hydrogens (tertiary/aromatic N) is 2. The molecule has 1 N–H and O–H groups in total. The first-order chi connectivity index (χ1) is 10.4. The van der Waals surface area contributed by atoms with Gasteiger partial charge in [0.2, 0.25) is 0 Å². The summed E-state index contributed by atoms with van der Waals surface area (Å²) in [6.45, 7) is 2.77. The van der Waals surface area contributed by atoms with Crippen molar-refractivity contribution >= 4 is 5.82 Å². The zero-order chi connectivity index (χ0) is 14.1. The molecule has 2 aliphatic carbocycles. The molecule has 1 aliphatic heterocycles. The monoisotopic (exact) mass is 287 g/mol. The van der Waals surface area contributed by atoms with Crippen LogP contribution in [0.4, 0.5) is 5.82 Å². The lowest BCUT2D eigenvalue weighted by atomic mass is 9.90. The highest BCUT2D eigenvalue weighted by Gasteiger charge is 2.34. The first-order valence-electron chi connectivity index (χ1n) is 8.47. The molecule has 0 aromatic carbocycles. The third-order valence-corrected chi connectivity index (χ3v) is 5.01. The molecule has 21 heavy (non-hydrogen) atoms.